The summed E-state index contributed by atoms with van der Waals surface area (Å²) in [5.74, 6) is -0.118. The number of piperidine rings is 1. The van der Waals surface area contributed by atoms with Crippen molar-refractivity contribution < 1.29 is 13.2 Å². The molecule has 1 N–H and O–H groups in total. The molecule has 1 saturated heterocycles. The average molecular weight is 478 g/mol. The van der Waals surface area contributed by atoms with Crippen molar-refractivity contribution in [2.45, 2.75) is 23.8 Å². The van der Waals surface area contributed by atoms with Crippen LogP contribution in [0.2, 0.25) is 10.0 Å². The van der Waals surface area contributed by atoms with Crippen molar-refractivity contribution in [1.29, 1.82) is 0 Å². The van der Waals surface area contributed by atoms with Gasteiger partial charge in [-0.1, -0.05) is 29.3 Å². The first-order valence-electron chi connectivity index (χ1n) is 9.83. The van der Waals surface area contributed by atoms with Gasteiger partial charge in [0.1, 0.15) is 4.90 Å². The highest BCUT2D eigenvalue weighted by atomic mass is 35.5. The summed E-state index contributed by atoms with van der Waals surface area (Å²) in [7, 11) is -3.96. The molecule has 1 fully saturated rings. The molecule has 4 rings (SSSR count). The van der Waals surface area contributed by atoms with Crippen LogP contribution < -0.4 is 4.72 Å². The number of nitrogens with zero attached hydrogens (tertiary/aromatic N) is 2. The standard InChI is InChI=1S/C22H21Cl2N3O3S/c23-17-6-7-20(24)21(15-17)31(29,30)25-18-5-3-4-16(14-18)22(28)27-12-8-19(9-13-27)26-10-1-2-11-26/h1-7,10-11,14-15,19,25H,8-9,12-13H2. The normalized spacial score (nSPS) is 15.1. The number of likely N-dealkylation sites (tertiary alicyclic amines) is 1. The van der Waals surface area contributed by atoms with Gasteiger partial charge in [0, 0.05) is 47.8 Å². The Labute approximate surface area is 191 Å². The molecule has 1 aliphatic rings. The fraction of sp³-hybridized carbons (Fsp3) is 0.227. The lowest BCUT2D eigenvalue weighted by Crippen LogP contribution is -2.38. The van der Waals surface area contributed by atoms with Crippen LogP contribution in [0.1, 0.15) is 29.2 Å². The van der Waals surface area contributed by atoms with Gasteiger partial charge in [-0.2, -0.15) is 0 Å². The van der Waals surface area contributed by atoms with E-state index in [2.05, 4.69) is 9.29 Å². The highest BCUT2D eigenvalue weighted by Crippen LogP contribution is 2.28. The molecule has 0 saturated carbocycles. The maximum absolute atomic E-state index is 13.0. The third-order valence-electron chi connectivity index (χ3n) is 5.35. The van der Waals surface area contributed by atoms with E-state index < -0.39 is 10.0 Å². The van der Waals surface area contributed by atoms with E-state index in [4.69, 9.17) is 23.2 Å². The van der Waals surface area contributed by atoms with E-state index in [1.165, 1.54) is 24.3 Å². The molecule has 0 atom stereocenters. The Bertz CT molecular complexity index is 1190. The number of halogens is 2. The van der Waals surface area contributed by atoms with E-state index in [1.54, 1.807) is 23.1 Å². The van der Waals surface area contributed by atoms with E-state index in [0.717, 1.165) is 12.8 Å². The van der Waals surface area contributed by atoms with Crippen LogP contribution in [0.25, 0.3) is 0 Å². The number of amides is 1. The van der Waals surface area contributed by atoms with Crippen molar-refractivity contribution in [2.24, 2.45) is 0 Å². The SMILES string of the molecule is O=C(c1cccc(NS(=O)(=O)c2cc(Cl)ccc2Cl)c1)N1CCC(n2cccc2)CC1. The Morgan fingerprint density at radius 1 is 0.968 bits per heavy atom. The van der Waals surface area contributed by atoms with Gasteiger partial charge in [0.05, 0.1) is 5.02 Å². The highest BCUT2D eigenvalue weighted by molar-refractivity contribution is 7.92. The minimum Gasteiger partial charge on any atom is -0.351 e. The summed E-state index contributed by atoms with van der Waals surface area (Å²) in [6.07, 6.45) is 5.84. The first-order valence-corrected chi connectivity index (χ1v) is 12.1. The molecule has 6 nitrogen and oxygen atoms in total. The van der Waals surface area contributed by atoms with Gasteiger partial charge in [-0.3, -0.25) is 9.52 Å². The van der Waals surface area contributed by atoms with Crippen LogP contribution in [0.15, 0.2) is 71.9 Å². The Morgan fingerprint density at radius 2 is 1.68 bits per heavy atom. The molecule has 3 aromatic rings. The van der Waals surface area contributed by atoms with Gasteiger partial charge in [-0.25, -0.2) is 8.42 Å². The fourth-order valence-corrected chi connectivity index (χ4v) is 5.56. The molecular formula is C22H21Cl2N3O3S. The molecule has 2 aromatic carbocycles. The lowest BCUT2D eigenvalue weighted by Gasteiger charge is -2.33. The Kier molecular flexibility index (Phi) is 6.27. The summed E-state index contributed by atoms with van der Waals surface area (Å²) in [6.45, 7) is 1.30. The lowest BCUT2D eigenvalue weighted by molar-refractivity contribution is 0.0694. The number of nitrogens with one attached hydrogen (secondary N) is 1. The first-order chi connectivity index (χ1) is 14.8. The van der Waals surface area contributed by atoms with Gasteiger partial charge in [-0.15, -0.1) is 0 Å². The minimum atomic E-state index is -3.96. The smallest absolute Gasteiger partial charge is 0.263 e. The van der Waals surface area contributed by atoms with Crippen molar-refractivity contribution in [2.75, 3.05) is 17.8 Å². The molecule has 0 aliphatic carbocycles. The van der Waals surface area contributed by atoms with E-state index >= 15 is 0 Å². The summed E-state index contributed by atoms with van der Waals surface area (Å²) in [4.78, 5) is 14.7. The van der Waals surface area contributed by atoms with E-state index in [1.807, 2.05) is 24.5 Å². The second-order valence-corrected chi connectivity index (χ2v) is 9.91. The zero-order valence-corrected chi connectivity index (χ0v) is 18.9. The summed E-state index contributed by atoms with van der Waals surface area (Å²) >= 11 is 12.0. The summed E-state index contributed by atoms with van der Waals surface area (Å²) in [6, 6.07) is 15.1. The van der Waals surface area contributed by atoms with Gasteiger partial charge in [0.15, 0.2) is 0 Å². The summed E-state index contributed by atoms with van der Waals surface area (Å²) in [5, 5.41) is 0.326. The Morgan fingerprint density at radius 3 is 2.39 bits per heavy atom. The number of carbonyl (C=O) groups is 1. The predicted molar refractivity (Wildman–Crippen MR) is 122 cm³/mol. The first kappa shape index (κ1) is 21.7. The molecule has 0 bridgehead atoms. The molecule has 1 amide bonds. The third kappa shape index (κ3) is 4.89. The largest absolute Gasteiger partial charge is 0.351 e. The van der Waals surface area contributed by atoms with E-state index in [9.17, 15) is 13.2 Å². The van der Waals surface area contributed by atoms with Crippen LogP contribution in [0.3, 0.4) is 0 Å². The molecule has 31 heavy (non-hydrogen) atoms. The summed E-state index contributed by atoms with van der Waals surface area (Å²) < 4.78 is 30.2. The van der Waals surface area contributed by atoms with Crippen LogP contribution in [0, 0.1) is 0 Å². The quantitative estimate of drug-likeness (QED) is 0.557. The number of hydrogen-bond acceptors (Lipinski definition) is 3. The minimum absolute atomic E-state index is 0.0645. The molecule has 1 aromatic heterocycles. The monoisotopic (exact) mass is 477 g/mol. The van der Waals surface area contributed by atoms with Gasteiger partial charge >= 0.3 is 0 Å². The molecule has 162 valence electrons. The Balaban J connectivity index is 1.47. The maximum atomic E-state index is 13.0. The number of hydrogen-bond donors (Lipinski definition) is 1. The summed E-state index contributed by atoms with van der Waals surface area (Å²) in [5.41, 5.74) is 0.709. The van der Waals surface area contributed by atoms with Gasteiger partial charge in [0.25, 0.3) is 15.9 Å². The highest BCUT2D eigenvalue weighted by Gasteiger charge is 2.25. The molecular weight excluding hydrogens is 457 g/mol. The van der Waals surface area contributed by atoms with E-state index in [0.29, 0.717) is 24.7 Å². The number of aromatic nitrogens is 1. The third-order valence-corrected chi connectivity index (χ3v) is 7.44. The molecule has 0 radical (unpaired) electrons. The van der Waals surface area contributed by atoms with Gasteiger partial charge in [0.2, 0.25) is 0 Å². The topological polar surface area (TPSA) is 71.4 Å². The van der Waals surface area contributed by atoms with Crippen molar-refractivity contribution in [3.8, 4) is 0 Å². The van der Waals surface area contributed by atoms with Crippen LogP contribution in [-0.2, 0) is 10.0 Å². The van der Waals surface area contributed by atoms with Crippen molar-refractivity contribution in [3.63, 3.8) is 0 Å². The van der Waals surface area contributed by atoms with Crippen molar-refractivity contribution >= 4 is 44.8 Å². The van der Waals surface area contributed by atoms with Crippen LogP contribution in [0.4, 0.5) is 5.69 Å². The predicted octanol–water partition coefficient (Wildman–Crippen LogP) is 5.07. The van der Waals surface area contributed by atoms with E-state index in [-0.39, 0.29) is 26.5 Å². The number of benzene rings is 2. The number of rotatable bonds is 5. The molecule has 0 unspecified atom stereocenters. The number of anilines is 1. The maximum Gasteiger partial charge on any atom is 0.263 e. The molecule has 1 aliphatic heterocycles. The van der Waals surface area contributed by atoms with Crippen LogP contribution >= 0.6 is 23.2 Å². The van der Waals surface area contributed by atoms with Crippen molar-refractivity contribution in [3.05, 3.63) is 82.6 Å². The van der Waals surface area contributed by atoms with Gasteiger partial charge in [-0.05, 0) is 61.4 Å². The fourth-order valence-electron chi connectivity index (χ4n) is 3.75. The Hall–Kier alpha value is -2.48. The molecule has 9 heteroatoms. The molecule has 0 spiro atoms. The molecule has 2 heterocycles. The lowest BCUT2D eigenvalue weighted by atomic mass is 10.0. The number of sulfonamides is 1. The van der Waals surface area contributed by atoms with Gasteiger partial charge < -0.3 is 9.47 Å². The second-order valence-electron chi connectivity index (χ2n) is 7.41. The van der Waals surface area contributed by atoms with Crippen molar-refractivity contribution in [1.82, 2.24) is 9.47 Å². The van der Waals surface area contributed by atoms with Crippen LogP contribution in [-0.4, -0.2) is 36.9 Å². The second kappa shape index (κ2) is 8.94. The number of carbonyl (C=O) groups excluding carboxylic acids is 1. The average Bonchev–Trinajstić information content (AvgIpc) is 3.30. The van der Waals surface area contributed by atoms with Crippen LogP contribution in [0.5, 0.6) is 0 Å². The zero-order chi connectivity index (χ0) is 22.0. The zero-order valence-electron chi connectivity index (χ0n) is 16.5.